The van der Waals surface area contributed by atoms with Gasteiger partial charge in [-0.1, -0.05) is 15.9 Å². The molecule has 1 unspecified atom stereocenters. The fourth-order valence-corrected chi connectivity index (χ4v) is 4.60. The molecule has 164 valence electrons. The second-order valence-corrected chi connectivity index (χ2v) is 9.29. The van der Waals surface area contributed by atoms with Gasteiger partial charge in [0.1, 0.15) is 0 Å². The van der Waals surface area contributed by atoms with E-state index in [1.54, 1.807) is 4.68 Å². The van der Waals surface area contributed by atoms with Crippen LogP contribution in [-0.4, -0.2) is 48.9 Å². The van der Waals surface area contributed by atoms with Gasteiger partial charge in [0.15, 0.2) is 0 Å². The van der Waals surface area contributed by atoms with E-state index in [0.29, 0.717) is 12.5 Å². The average molecular weight is 493 g/mol. The summed E-state index contributed by atoms with van der Waals surface area (Å²) in [4.78, 5) is 11.5. The van der Waals surface area contributed by atoms with Crippen molar-refractivity contribution < 1.29 is 5.11 Å². The molecule has 0 bridgehead atoms. The molecule has 3 heterocycles. The second-order valence-electron chi connectivity index (χ2n) is 8.37. The van der Waals surface area contributed by atoms with E-state index in [1.165, 1.54) is 5.56 Å². The molecule has 2 aromatic carbocycles. The van der Waals surface area contributed by atoms with Gasteiger partial charge in [-0.25, -0.2) is 9.97 Å². The second kappa shape index (κ2) is 8.97. The van der Waals surface area contributed by atoms with Crippen molar-refractivity contribution in [3.8, 4) is 11.1 Å². The largest absolute Gasteiger partial charge is 0.392 e. The van der Waals surface area contributed by atoms with Crippen LogP contribution in [-0.2, 0) is 13.6 Å². The van der Waals surface area contributed by atoms with Gasteiger partial charge >= 0.3 is 0 Å². The van der Waals surface area contributed by atoms with Crippen LogP contribution >= 0.6 is 15.9 Å². The normalized spacial score (nSPS) is 17.0. The predicted octanol–water partition coefficient (Wildman–Crippen LogP) is 4.49. The molecule has 1 aliphatic rings. The van der Waals surface area contributed by atoms with E-state index in [0.717, 1.165) is 58.1 Å². The van der Waals surface area contributed by atoms with Gasteiger partial charge in [0, 0.05) is 53.6 Å². The number of halogens is 1. The summed E-state index contributed by atoms with van der Waals surface area (Å²) in [5.74, 6) is 0.558. The highest BCUT2D eigenvalue weighted by atomic mass is 79.9. The van der Waals surface area contributed by atoms with E-state index in [2.05, 4.69) is 59.4 Å². The number of piperidine rings is 1. The minimum absolute atomic E-state index is 0.242. The van der Waals surface area contributed by atoms with E-state index in [9.17, 15) is 5.11 Å². The monoisotopic (exact) mass is 492 g/mol. The Kier molecular flexibility index (Phi) is 5.91. The van der Waals surface area contributed by atoms with Crippen LogP contribution < -0.4 is 5.32 Å². The number of nitrogens with one attached hydrogen (secondary N) is 1. The zero-order valence-corrected chi connectivity index (χ0v) is 19.5. The van der Waals surface area contributed by atoms with Gasteiger partial charge in [-0.15, -0.1) is 0 Å². The standard InChI is InChI=1S/C24H25BrN6O/c1-30-14-19(12-27-30)17-7-16(13-31-6-2-3-22(32)15-31)8-21(10-17)28-24-26-11-18-9-20(25)4-5-23(18)29-24/h4-5,7-12,14,22,32H,2-3,6,13,15H2,1H3,(H,26,28,29). The minimum Gasteiger partial charge on any atom is -0.392 e. The maximum Gasteiger partial charge on any atom is 0.227 e. The molecule has 1 aliphatic heterocycles. The molecule has 0 radical (unpaired) electrons. The number of nitrogens with zero attached hydrogens (tertiary/aromatic N) is 5. The SMILES string of the molecule is Cn1cc(-c2cc(CN3CCCC(O)C3)cc(Nc3ncc4cc(Br)ccc4n3)c2)cn1. The van der Waals surface area contributed by atoms with Crippen LogP contribution in [0.4, 0.5) is 11.6 Å². The quantitative estimate of drug-likeness (QED) is 0.427. The van der Waals surface area contributed by atoms with Crippen molar-refractivity contribution >= 4 is 38.5 Å². The highest BCUT2D eigenvalue weighted by Crippen LogP contribution is 2.28. The third-order valence-corrected chi connectivity index (χ3v) is 6.21. The summed E-state index contributed by atoms with van der Waals surface area (Å²) in [6, 6.07) is 12.4. The molecular formula is C24H25BrN6O. The Hall–Kier alpha value is -2.81. The number of likely N-dealkylation sites (tertiary alicyclic amines) is 1. The third kappa shape index (κ3) is 4.82. The van der Waals surface area contributed by atoms with Gasteiger partial charge < -0.3 is 10.4 Å². The molecule has 2 N–H and O–H groups in total. The fraction of sp³-hybridized carbons (Fsp3) is 0.292. The number of hydrogen-bond donors (Lipinski definition) is 2. The lowest BCUT2D eigenvalue weighted by Crippen LogP contribution is -2.37. The summed E-state index contributed by atoms with van der Waals surface area (Å²) in [7, 11) is 1.92. The van der Waals surface area contributed by atoms with Crippen LogP contribution in [0.25, 0.3) is 22.0 Å². The smallest absolute Gasteiger partial charge is 0.227 e. The van der Waals surface area contributed by atoms with E-state index >= 15 is 0 Å². The number of aliphatic hydroxyl groups is 1. The van der Waals surface area contributed by atoms with Gasteiger partial charge in [0.25, 0.3) is 0 Å². The molecule has 5 rings (SSSR count). The first-order valence-electron chi connectivity index (χ1n) is 10.7. The molecule has 1 fully saturated rings. The highest BCUT2D eigenvalue weighted by Gasteiger charge is 2.18. The molecule has 2 aromatic heterocycles. The molecule has 0 amide bonds. The summed E-state index contributed by atoms with van der Waals surface area (Å²) < 4.78 is 2.81. The van der Waals surface area contributed by atoms with Gasteiger partial charge in [0.2, 0.25) is 5.95 Å². The van der Waals surface area contributed by atoms with Crippen LogP contribution in [0.5, 0.6) is 0 Å². The lowest BCUT2D eigenvalue weighted by Gasteiger charge is -2.30. The average Bonchev–Trinajstić information content (AvgIpc) is 3.20. The Morgan fingerprint density at radius 3 is 2.88 bits per heavy atom. The molecule has 0 saturated carbocycles. The molecular weight excluding hydrogens is 468 g/mol. The summed E-state index contributed by atoms with van der Waals surface area (Å²) in [5, 5.41) is 18.8. The van der Waals surface area contributed by atoms with E-state index in [1.807, 2.05) is 43.8 Å². The van der Waals surface area contributed by atoms with Gasteiger partial charge in [-0.3, -0.25) is 9.58 Å². The van der Waals surface area contributed by atoms with Crippen molar-refractivity contribution in [3.63, 3.8) is 0 Å². The Labute approximate surface area is 195 Å². The van der Waals surface area contributed by atoms with Crippen molar-refractivity contribution in [2.45, 2.75) is 25.5 Å². The van der Waals surface area contributed by atoms with Crippen molar-refractivity contribution in [2.24, 2.45) is 7.05 Å². The van der Waals surface area contributed by atoms with Crippen LogP contribution in [0.1, 0.15) is 18.4 Å². The van der Waals surface area contributed by atoms with Crippen LogP contribution in [0.3, 0.4) is 0 Å². The lowest BCUT2D eigenvalue weighted by atomic mass is 10.0. The number of aliphatic hydroxyl groups excluding tert-OH is 1. The molecule has 8 heteroatoms. The van der Waals surface area contributed by atoms with E-state index in [-0.39, 0.29) is 6.10 Å². The van der Waals surface area contributed by atoms with E-state index in [4.69, 9.17) is 0 Å². The topological polar surface area (TPSA) is 79.1 Å². The Morgan fingerprint density at radius 2 is 2.06 bits per heavy atom. The highest BCUT2D eigenvalue weighted by molar-refractivity contribution is 9.10. The maximum absolute atomic E-state index is 10.1. The maximum atomic E-state index is 10.1. The number of benzene rings is 2. The number of hydrogen-bond acceptors (Lipinski definition) is 6. The van der Waals surface area contributed by atoms with Gasteiger partial charge in [-0.2, -0.15) is 5.10 Å². The Bertz CT molecular complexity index is 1260. The third-order valence-electron chi connectivity index (χ3n) is 5.72. The number of β-amino-alcohol motifs (C(OH)–C–C–N with tert-alkyl or cyclic N) is 1. The fourth-order valence-electron chi connectivity index (χ4n) is 4.22. The first kappa shape index (κ1) is 21.1. The van der Waals surface area contributed by atoms with Crippen molar-refractivity contribution in [3.05, 3.63) is 65.0 Å². The van der Waals surface area contributed by atoms with Crippen LogP contribution in [0, 0.1) is 0 Å². The van der Waals surface area contributed by atoms with Crippen molar-refractivity contribution in [2.75, 3.05) is 18.4 Å². The molecule has 32 heavy (non-hydrogen) atoms. The Balaban J connectivity index is 1.46. The summed E-state index contributed by atoms with van der Waals surface area (Å²) >= 11 is 3.49. The van der Waals surface area contributed by atoms with Crippen LogP contribution in [0.15, 0.2) is 59.5 Å². The zero-order valence-electron chi connectivity index (χ0n) is 17.9. The Morgan fingerprint density at radius 1 is 1.16 bits per heavy atom. The van der Waals surface area contributed by atoms with Gasteiger partial charge in [-0.05, 0) is 66.9 Å². The van der Waals surface area contributed by atoms with Crippen molar-refractivity contribution in [1.29, 1.82) is 0 Å². The molecule has 1 atom stereocenters. The number of anilines is 2. The first-order valence-corrected chi connectivity index (χ1v) is 11.5. The number of aryl methyl sites for hydroxylation is 1. The lowest BCUT2D eigenvalue weighted by molar-refractivity contribution is 0.0668. The molecule has 1 saturated heterocycles. The zero-order chi connectivity index (χ0) is 22.1. The molecule has 4 aromatic rings. The van der Waals surface area contributed by atoms with Crippen molar-refractivity contribution in [1.82, 2.24) is 24.6 Å². The van der Waals surface area contributed by atoms with Crippen LogP contribution in [0.2, 0.25) is 0 Å². The number of rotatable bonds is 5. The molecule has 7 nitrogen and oxygen atoms in total. The summed E-state index contributed by atoms with van der Waals surface area (Å²) in [6.07, 6.45) is 7.38. The number of aromatic nitrogens is 4. The number of fused-ring (bicyclic) bond motifs is 1. The first-order chi connectivity index (χ1) is 15.5. The van der Waals surface area contributed by atoms with E-state index < -0.39 is 0 Å². The predicted molar refractivity (Wildman–Crippen MR) is 130 cm³/mol. The minimum atomic E-state index is -0.242. The molecule has 0 aliphatic carbocycles. The summed E-state index contributed by atoms with van der Waals surface area (Å²) in [5.41, 5.74) is 5.13. The summed E-state index contributed by atoms with van der Waals surface area (Å²) in [6.45, 7) is 2.50. The molecule has 0 spiro atoms. The van der Waals surface area contributed by atoms with Gasteiger partial charge in [0.05, 0.1) is 17.8 Å².